The smallest absolute Gasteiger partial charge is 0.251 e. The third-order valence-corrected chi connectivity index (χ3v) is 4.68. The molecular weight excluding hydrogens is 292 g/mol. The van der Waals surface area contributed by atoms with Crippen molar-refractivity contribution in [3.05, 3.63) is 64.7 Å². The molecule has 1 N–H and O–H groups in total. The number of fused-ring (bicyclic) bond motifs is 1. The van der Waals surface area contributed by atoms with Crippen molar-refractivity contribution in [3.8, 4) is 0 Å². The highest BCUT2D eigenvalue weighted by Gasteiger charge is 2.06. The summed E-state index contributed by atoms with van der Waals surface area (Å²) < 4.78 is 1.19. The number of benzene rings is 2. The van der Waals surface area contributed by atoms with E-state index in [1.165, 1.54) is 10.3 Å². The third kappa shape index (κ3) is 3.34. The predicted molar refractivity (Wildman–Crippen MR) is 91.5 cm³/mol. The summed E-state index contributed by atoms with van der Waals surface area (Å²) in [5.41, 5.74) is 2.98. The molecule has 0 aliphatic heterocycles. The van der Waals surface area contributed by atoms with E-state index < -0.39 is 0 Å². The van der Waals surface area contributed by atoms with Gasteiger partial charge in [0.2, 0.25) is 0 Å². The largest absolute Gasteiger partial charge is 0.352 e. The molecule has 2 aromatic carbocycles. The maximum atomic E-state index is 12.1. The summed E-state index contributed by atoms with van der Waals surface area (Å²) in [4.78, 5) is 16.7. The highest BCUT2D eigenvalue weighted by molar-refractivity contribution is 7.18. The molecule has 3 aromatic rings. The van der Waals surface area contributed by atoms with Crippen LogP contribution in [0.4, 0.5) is 0 Å². The van der Waals surface area contributed by atoms with Crippen molar-refractivity contribution in [3.63, 3.8) is 0 Å². The normalized spacial score (nSPS) is 10.8. The average Bonchev–Trinajstić information content (AvgIpc) is 2.97. The first-order chi connectivity index (χ1) is 10.8. The van der Waals surface area contributed by atoms with Crippen LogP contribution in [-0.2, 0) is 12.8 Å². The Kier molecular flexibility index (Phi) is 4.49. The van der Waals surface area contributed by atoms with Gasteiger partial charge in [-0.1, -0.05) is 31.2 Å². The Morgan fingerprint density at radius 1 is 1.14 bits per heavy atom. The Bertz CT molecular complexity index is 744. The summed E-state index contributed by atoms with van der Waals surface area (Å²) in [7, 11) is 0. The molecule has 0 unspecified atom stereocenters. The number of para-hydroxylation sites is 1. The minimum atomic E-state index is -0.0243. The summed E-state index contributed by atoms with van der Waals surface area (Å²) >= 11 is 1.69. The summed E-state index contributed by atoms with van der Waals surface area (Å²) in [5.74, 6) is -0.0243. The van der Waals surface area contributed by atoms with E-state index in [1.807, 2.05) is 42.5 Å². The number of hydrogen-bond donors (Lipinski definition) is 1. The van der Waals surface area contributed by atoms with E-state index >= 15 is 0 Å². The molecule has 0 fully saturated rings. The van der Waals surface area contributed by atoms with Crippen molar-refractivity contribution < 1.29 is 4.79 Å². The molecule has 0 aliphatic rings. The lowest BCUT2D eigenvalue weighted by Gasteiger charge is -2.04. The van der Waals surface area contributed by atoms with Gasteiger partial charge in [-0.05, 0) is 36.2 Å². The number of amides is 1. The zero-order valence-corrected chi connectivity index (χ0v) is 13.3. The van der Waals surface area contributed by atoms with Gasteiger partial charge in [-0.15, -0.1) is 11.3 Å². The standard InChI is InChI=1S/C18H18N2OS/c1-2-13-7-9-14(10-8-13)18(21)19-12-11-17-20-15-5-3-4-6-16(15)22-17/h3-10H,2,11-12H2,1H3,(H,19,21). The SMILES string of the molecule is CCc1ccc(C(=O)NCCc2nc3ccccc3s2)cc1. The number of hydrogen-bond acceptors (Lipinski definition) is 3. The van der Waals surface area contributed by atoms with Crippen LogP contribution in [0, 0.1) is 0 Å². The van der Waals surface area contributed by atoms with Crippen LogP contribution in [-0.4, -0.2) is 17.4 Å². The van der Waals surface area contributed by atoms with E-state index in [0.29, 0.717) is 12.1 Å². The molecule has 0 saturated carbocycles. The summed E-state index contributed by atoms with van der Waals surface area (Å²) in [6.07, 6.45) is 1.75. The third-order valence-electron chi connectivity index (χ3n) is 3.59. The average molecular weight is 310 g/mol. The first kappa shape index (κ1) is 14.7. The summed E-state index contributed by atoms with van der Waals surface area (Å²) in [5, 5.41) is 4.02. The lowest BCUT2D eigenvalue weighted by Crippen LogP contribution is -2.25. The minimum Gasteiger partial charge on any atom is -0.352 e. The van der Waals surface area contributed by atoms with Crippen molar-refractivity contribution in [2.24, 2.45) is 0 Å². The van der Waals surface area contributed by atoms with Crippen LogP contribution >= 0.6 is 11.3 Å². The van der Waals surface area contributed by atoms with Crippen LogP contribution in [0.25, 0.3) is 10.2 Å². The van der Waals surface area contributed by atoms with Gasteiger partial charge in [0.1, 0.15) is 0 Å². The molecule has 0 aliphatic carbocycles. The molecule has 0 radical (unpaired) electrons. The zero-order chi connectivity index (χ0) is 15.4. The molecule has 1 amide bonds. The van der Waals surface area contributed by atoms with E-state index in [4.69, 9.17) is 0 Å². The van der Waals surface area contributed by atoms with Crippen molar-refractivity contribution in [1.29, 1.82) is 0 Å². The number of carbonyl (C=O) groups is 1. The molecule has 1 heterocycles. The van der Waals surface area contributed by atoms with E-state index in [1.54, 1.807) is 11.3 Å². The number of aryl methyl sites for hydroxylation is 1. The van der Waals surface area contributed by atoms with Gasteiger partial charge in [-0.2, -0.15) is 0 Å². The summed E-state index contributed by atoms with van der Waals surface area (Å²) in [6.45, 7) is 2.71. The van der Waals surface area contributed by atoms with E-state index in [9.17, 15) is 4.79 Å². The second-order valence-corrected chi connectivity index (χ2v) is 6.25. The lowest BCUT2D eigenvalue weighted by atomic mass is 10.1. The monoisotopic (exact) mass is 310 g/mol. The predicted octanol–water partition coefficient (Wildman–Crippen LogP) is 3.83. The number of thiazole rings is 1. The Morgan fingerprint density at radius 2 is 1.91 bits per heavy atom. The molecule has 0 saturated heterocycles. The molecule has 3 nitrogen and oxygen atoms in total. The molecule has 3 rings (SSSR count). The van der Waals surface area contributed by atoms with Crippen molar-refractivity contribution in [2.45, 2.75) is 19.8 Å². The van der Waals surface area contributed by atoms with Crippen LogP contribution < -0.4 is 5.32 Å². The fourth-order valence-corrected chi connectivity index (χ4v) is 3.27. The summed E-state index contributed by atoms with van der Waals surface area (Å²) in [6, 6.07) is 15.9. The Labute approximate surface area is 134 Å². The van der Waals surface area contributed by atoms with Gasteiger partial charge in [0.25, 0.3) is 5.91 Å². The van der Waals surface area contributed by atoms with Gasteiger partial charge < -0.3 is 5.32 Å². The van der Waals surface area contributed by atoms with E-state index in [0.717, 1.165) is 23.4 Å². The van der Waals surface area contributed by atoms with Gasteiger partial charge in [0.05, 0.1) is 15.2 Å². The Morgan fingerprint density at radius 3 is 2.64 bits per heavy atom. The first-order valence-corrected chi connectivity index (χ1v) is 8.29. The van der Waals surface area contributed by atoms with Gasteiger partial charge in [-0.25, -0.2) is 4.98 Å². The quantitative estimate of drug-likeness (QED) is 0.778. The Hall–Kier alpha value is -2.20. The molecule has 22 heavy (non-hydrogen) atoms. The maximum Gasteiger partial charge on any atom is 0.251 e. The molecule has 4 heteroatoms. The zero-order valence-electron chi connectivity index (χ0n) is 12.5. The second-order valence-electron chi connectivity index (χ2n) is 5.13. The van der Waals surface area contributed by atoms with Crippen molar-refractivity contribution in [1.82, 2.24) is 10.3 Å². The highest BCUT2D eigenvalue weighted by Crippen LogP contribution is 2.21. The molecule has 112 valence electrons. The van der Waals surface area contributed by atoms with Gasteiger partial charge in [-0.3, -0.25) is 4.79 Å². The van der Waals surface area contributed by atoms with Crippen molar-refractivity contribution >= 4 is 27.5 Å². The van der Waals surface area contributed by atoms with Crippen LogP contribution in [0.2, 0.25) is 0 Å². The van der Waals surface area contributed by atoms with Gasteiger partial charge in [0, 0.05) is 18.5 Å². The number of aromatic nitrogens is 1. The Balaban J connectivity index is 1.56. The number of nitrogens with one attached hydrogen (secondary N) is 1. The fraction of sp³-hybridized carbons (Fsp3) is 0.222. The first-order valence-electron chi connectivity index (χ1n) is 7.48. The maximum absolute atomic E-state index is 12.1. The second kappa shape index (κ2) is 6.71. The molecule has 0 bridgehead atoms. The number of carbonyl (C=O) groups excluding carboxylic acids is 1. The van der Waals surface area contributed by atoms with E-state index in [2.05, 4.69) is 23.3 Å². The molecule has 1 aromatic heterocycles. The molecular formula is C18H18N2OS. The lowest BCUT2D eigenvalue weighted by molar-refractivity contribution is 0.0954. The topological polar surface area (TPSA) is 42.0 Å². The minimum absolute atomic E-state index is 0.0243. The van der Waals surface area contributed by atoms with Crippen LogP contribution in [0.5, 0.6) is 0 Å². The van der Waals surface area contributed by atoms with Gasteiger partial charge >= 0.3 is 0 Å². The molecule has 0 spiro atoms. The molecule has 0 atom stereocenters. The fourth-order valence-electron chi connectivity index (χ4n) is 2.30. The number of nitrogens with zero attached hydrogens (tertiary/aromatic N) is 1. The number of rotatable bonds is 5. The van der Waals surface area contributed by atoms with Crippen LogP contribution in [0.15, 0.2) is 48.5 Å². The van der Waals surface area contributed by atoms with Gasteiger partial charge in [0.15, 0.2) is 0 Å². The highest BCUT2D eigenvalue weighted by atomic mass is 32.1. The van der Waals surface area contributed by atoms with Crippen LogP contribution in [0.3, 0.4) is 0 Å². The van der Waals surface area contributed by atoms with E-state index in [-0.39, 0.29) is 5.91 Å². The van der Waals surface area contributed by atoms with Crippen molar-refractivity contribution in [2.75, 3.05) is 6.54 Å². The van der Waals surface area contributed by atoms with Crippen LogP contribution in [0.1, 0.15) is 27.9 Å².